The van der Waals surface area contributed by atoms with Crippen LogP contribution >= 0.6 is 0 Å². The van der Waals surface area contributed by atoms with Gasteiger partial charge in [-0.15, -0.1) is 0 Å². The summed E-state index contributed by atoms with van der Waals surface area (Å²) in [5.41, 5.74) is 3.60. The molecule has 0 radical (unpaired) electrons. The van der Waals surface area contributed by atoms with Crippen molar-refractivity contribution in [2.75, 3.05) is 12.4 Å². The van der Waals surface area contributed by atoms with Gasteiger partial charge in [-0.25, -0.2) is 0 Å². The normalized spacial score (nSPS) is 14.6. The van der Waals surface area contributed by atoms with E-state index in [0.29, 0.717) is 29.0 Å². The number of hydrogen-bond acceptors (Lipinski definition) is 4. The SMILES string of the molecule is COc1cc(C=C2Cc3ccc(NC(C)=O)cc3C2=O)ccc1O. The molecule has 5 nitrogen and oxygen atoms in total. The van der Waals surface area contributed by atoms with Gasteiger partial charge < -0.3 is 15.2 Å². The number of fused-ring (bicyclic) bond motifs is 1. The van der Waals surface area contributed by atoms with Crippen molar-refractivity contribution in [3.05, 3.63) is 58.7 Å². The molecule has 5 heteroatoms. The van der Waals surface area contributed by atoms with Crippen molar-refractivity contribution >= 4 is 23.5 Å². The Labute approximate surface area is 139 Å². The van der Waals surface area contributed by atoms with Gasteiger partial charge in [0.15, 0.2) is 17.3 Å². The average Bonchev–Trinajstić information content (AvgIpc) is 2.85. The predicted molar refractivity (Wildman–Crippen MR) is 91.4 cm³/mol. The van der Waals surface area contributed by atoms with Crippen molar-refractivity contribution < 1.29 is 19.4 Å². The third kappa shape index (κ3) is 3.01. The van der Waals surface area contributed by atoms with Crippen molar-refractivity contribution in [1.29, 1.82) is 0 Å². The monoisotopic (exact) mass is 323 g/mol. The van der Waals surface area contributed by atoms with Gasteiger partial charge in [-0.1, -0.05) is 12.1 Å². The highest BCUT2D eigenvalue weighted by Gasteiger charge is 2.25. The van der Waals surface area contributed by atoms with Crippen molar-refractivity contribution in [3.8, 4) is 11.5 Å². The first-order valence-electron chi connectivity index (χ1n) is 7.50. The average molecular weight is 323 g/mol. The van der Waals surface area contributed by atoms with Crippen LogP contribution in [-0.4, -0.2) is 23.9 Å². The molecule has 0 heterocycles. The minimum Gasteiger partial charge on any atom is -0.504 e. The van der Waals surface area contributed by atoms with Crippen LogP contribution < -0.4 is 10.1 Å². The number of anilines is 1. The van der Waals surface area contributed by atoms with Gasteiger partial charge in [0.05, 0.1) is 7.11 Å². The Kier molecular flexibility index (Phi) is 4.08. The number of aromatic hydroxyl groups is 1. The number of methoxy groups -OCH3 is 1. The number of phenolic OH excluding ortho intramolecular Hbond substituents is 1. The molecule has 0 aromatic heterocycles. The fourth-order valence-electron chi connectivity index (χ4n) is 2.78. The highest BCUT2D eigenvalue weighted by Crippen LogP contribution is 2.32. The molecule has 2 aromatic carbocycles. The predicted octanol–water partition coefficient (Wildman–Crippen LogP) is 3.18. The van der Waals surface area contributed by atoms with Crippen LogP contribution in [0.2, 0.25) is 0 Å². The van der Waals surface area contributed by atoms with E-state index in [0.717, 1.165) is 11.1 Å². The Hall–Kier alpha value is -3.08. The Morgan fingerprint density at radius 2 is 2.04 bits per heavy atom. The van der Waals surface area contributed by atoms with Gasteiger partial charge in [0.25, 0.3) is 0 Å². The van der Waals surface area contributed by atoms with Crippen LogP contribution in [0.1, 0.15) is 28.4 Å². The fourth-order valence-corrected chi connectivity index (χ4v) is 2.78. The highest BCUT2D eigenvalue weighted by atomic mass is 16.5. The van der Waals surface area contributed by atoms with E-state index in [-0.39, 0.29) is 17.4 Å². The second kappa shape index (κ2) is 6.20. The molecule has 1 aliphatic rings. The van der Waals surface area contributed by atoms with E-state index in [2.05, 4.69) is 5.32 Å². The number of nitrogens with one attached hydrogen (secondary N) is 1. The van der Waals surface area contributed by atoms with E-state index in [1.54, 1.807) is 30.3 Å². The van der Waals surface area contributed by atoms with Gasteiger partial charge in [-0.3, -0.25) is 9.59 Å². The Balaban J connectivity index is 1.91. The number of benzene rings is 2. The van der Waals surface area contributed by atoms with Crippen molar-refractivity contribution in [2.45, 2.75) is 13.3 Å². The smallest absolute Gasteiger partial charge is 0.221 e. The van der Waals surface area contributed by atoms with Crippen LogP contribution in [0.5, 0.6) is 11.5 Å². The highest BCUT2D eigenvalue weighted by molar-refractivity contribution is 6.16. The Bertz CT molecular complexity index is 868. The number of phenols is 1. The van der Waals surface area contributed by atoms with E-state index in [4.69, 9.17) is 4.74 Å². The summed E-state index contributed by atoms with van der Waals surface area (Å²) in [4.78, 5) is 23.7. The molecule has 3 rings (SSSR count). The molecule has 0 saturated carbocycles. The van der Waals surface area contributed by atoms with Crippen LogP contribution in [0.3, 0.4) is 0 Å². The van der Waals surface area contributed by atoms with Crippen LogP contribution in [0, 0.1) is 0 Å². The molecule has 24 heavy (non-hydrogen) atoms. The lowest BCUT2D eigenvalue weighted by atomic mass is 10.1. The van der Waals surface area contributed by atoms with Crippen LogP contribution in [0.15, 0.2) is 42.0 Å². The summed E-state index contributed by atoms with van der Waals surface area (Å²) in [6.07, 6.45) is 2.33. The fraction of sp³-hybridized carbons (Fsp3) is 0.158. The third-order valence-electron chi connectivity index (χ3n) is 3.89. The van der Waals surface area contributed by atoms with E-state index < -0.39 is 0 Å². The molecule has 0 unspecified atom stereocenters. The number of ketones is 1. The number of carbonyl (C=O) groups excluding carboxylic acids is 2. The second-order valence-corrected chi connectivity index (χ2v) is 5.66. The standard InChI is InChI=1S/C19H17NO4/c1-11(21)20-15-5-4-13-9-14(19(23)16(13)10-15)7-12-3-6-17(22)18(8-12)24-2/h3-8,10,22H,9H2,1-2H3,(H,20,21). The van der Waals surface area contributed by atoms with E-state index in [1.165, 1.54) is 20.1 Å². The topological polar surface area (TPSA) is 75.6 Å². The van der Waals surface area contributed by atoms with Gasteiger partial charge in [-0.05, 0) is 41.5 Å². The summed E-state index contributed by atoms with van der Waals surface area (Å²) in [7, 11) is 1.48. The number of ether oxygens (including phenoxy) is 1. The number of amides is 1. The van der Waals surface area contributed by atoms with Crippen LogP contribution in [0.4, 0.5) is 5.69 Å². The van der Waals surface area contributed by atoms with Gasteiger partial charge in [0, 0.05) is 30.2 Å². The zero-order chi connectivity index (χ0) is 17.3. The minimum atomic E-state index is -0.174. The number of rotatable bonds is 3. The van der Waals surface area contributed by atoms with Crippen molar-refractivity contribution in [3.63, 3.8) is 0 Å². The third-order valence-corrected chi connectivity index (χ3v) is 3.89. The number of hydrogen-bond donors (Lipinski definition) is 2. The zero-order valence-corrected chi connectivity index (χ0v) is 13.4. The summed E-state index contributed by atoms with van der Waals surface area (Å²) in [5.74, 6) is 0.192. The molecule has 2 N–H and O–H groups in total. The first-order chi connectivity index (χ1) is 11.5. The molecule has 0 aliphatic heterocycles. The maximum absolute atomic E-state index is 12.6. The maximum atomic E-state index is 12.6. The quantitative estimate of drug-likeness (QED) is 0.851. The molecule has 1 aliphatic carbocycles. The summed E-state index contributed by atoms with van der Waals surface area (Å²) >= 11 is 0. The number of carbonyl (C=O) groups is 2. The largest absolute Gasteiger partial charge is 0.504 e. The van der Waals surface area contributed by atoms with E-state index in [9.17, 15) is 14.7 Å². The summed E-state index contributed by atoms with van der Waals surface area (Å²) in [5, 5.41) is 12.3. The summed E-state index contributed by atoms with van der Waals surface area (Å²) in [6, 6.07) is 10.3. The van der Waals surface area contributed by atoms with Gasteiger partial charge in [0.2, 0.25) is 5.91 Å². The number of allylic oxidation sites excluding steroid dienone is 1. The van der Waals surface area contributed by atoms with Crippen molar-refractivity contribution in [1.82, 2.24) is 0 Å². The van der Waals surface area contributed by atoms with Crippen LogP contribution in [-0.2, 0) is 11.2 Å². The summed E-state index contributed by atoms with van der Waals surface area (Å²) in [6.45, 7) is 1.43. The van der Waals surface area contributed by atoms with Gasteiger partial charge in [0.1, 0.15) is 0 Å². The van der Waals surface area contributed by atoms with Gasteiger partial charge >= 0.3 is 0 Å². The van der Waals surface area contributed by atoms with Crippen LogP contribution in [0.25, 0.3) is 6.08 Å². The maximum Gasteiger partial charge on any atom is 0.221 e. The molecule has 1 amide bonds. The first-order valence-corrected chi connectivity index (χ1v) is 7.50. The number of Topliss-reactive ketones (excluding diaryl/α,β-unsaturated/α-hetero) is 1. The lowest BCUT2D eigenvalue weighted by Crippen LogP contribution is -2.06. The lowest BCUT2D eigenvalue weighted by Gasteiger charge is -2.04. The molecule has 122 valence electrons. The second-order valence-electron chi connectivity index (χ2n) is 5.66. The molecule has 0 spiro atoms. The molecular weight excluding hydrogens is 306 g/mol. The molecule has 0 bridgehead atoms. The Morgan fingerprint density at radius 3 is 2.75 bits per heavy atom. The van der Waals surface area contributed by atoms with Gasteiger partial charge in [-0.2, -0.15) is 0 Å². The van der Waals surface area contributed by atoms with Crippen molar-refractivity contribution in [2.24, 2.45) is 0 Å². The molecule has 0 saturated heterocycles. The first kappa shape index (κ1) is 15.8. The summed E-state index contributed by atoms with van der Waals surface area (Å²) < 4.78 is 5.09. The minimum absolute atomic E-state index is 0.0516. The molecule has 2 aromatic rings. The molecule has 0 fully saturated rings. The van der Waals surface area contributed by atoms with E-state index >= 15 is 0 Å². The molecule has 0 atom stereocenters. The Morgan fingerprint density at radius 1 is 1.25 bits per heavy atom. The molecular formula is C19H17NO4. The lowest BCUT2D eigenvalue weighted by molar-refractivity contribution is -0.114. The zero-order valence-electron chi connectivity index (χ0n) is 13.4. The van der Waals surface area contributed by atoms with E-state index in [1.807, 2.05) is 6.07 Å².